The predicted molar refractivity (Wildman–Crippen MR) is 107 cm³/mol. The largest absolute Gasteiger partial charge is 0.340 e. The van der Waals surface area contributed by atoms with Gasteiger partial charge in [0.2, 0.25) is 0 Å². The monoisotopic (exact) mass is 356 g/mol. The zero-order valence-electron chi connectivity index (χ0n) is 15.1. The summed E-state index contributed by atoms with van der Waals surface area (Å²) < 4.78 is 0. The molecule has 0 atom stereocenters. The molecule has 0 bridgehead atoms. The van der Waals surface area contributed by atoms with Crippen LogP contribution >= 0.6 is 0 Å². The van der Waals surface area contributed by atoms with Crippen LogP contribution in [0.4, 0.5) is 11.5 Å². The fraction of sp³-hybridized carbons (Fsp3) is 0.190. The first kappa shape index (κ1) is 16.0. The van der Waals surface area contributed by atoms with Crippen molar-refractivity contribution in [2.75, 3.05) is 18.9 Å². The van der Waals surface area contributed by atoms with Gasteiger partial charge < -0.3 is 10.2 Å². The summed E-state index contributed by atoms with van der Waals surface area (Å²) in [4.78, 5) is 11.5. The molecule has 0 radical (unpaired) electrons. The zero-order chi connectivity index (χ0) is 18.2. The second-order valence-electron chi connectivity index (χ2n) is 7.03. The van der Waals surface area contributed by atoms with Gasteiger partial charge in [0.1, 0.15) is 5.82 Å². The number of likely N-dealkylation sites (N-methyl/N-ethyl adjacent to an activating group) is 1. The minimum atomic E-state index is 0.736. The second-order valence-corrected chi connectivity index (χ2v) is 7.03. The maximum atomic E-state index is 4.71. The van der Waals surface area contributed by atoms with Crippen molar-refractivity contribution in [1.82, 2.24) is 25.1 Å². The Balaban J connectivity index is 1.44. The minimum Gasteiger partial charge on any atom is -0.340 e. The van der Waals surface area contributed by atoms with Crippen molar-refractivity contribution in [2.45, 2.75) is 13.0 Å². The molecule has 2 N–H and O–H groups in total. The number of nitrogens with one attached hydrogen (secondary N) is 2. The summed E-state index contributed by atoms with van der Waals surface area (Å²) in [5.41, 5.74) is 5.84. The normalized spacial score (nSPS) is 14.3. The lowest BCUT2D eigenvalue weighted by Crippen LogP contribution is -2.26. The molecule has 134 valence electrons. The van der Waals surface area contributed by atoms with Gasteiger partial charge in [-0.05, 0) is 54.9 Å². The quantitative estimate of drug-likeness (QED) is 0.585. The molecule has 0 saturated heterocycles. The van der Waals surface area contributed by atoms with E-state index in [2.05, 4.69) is 56.7 Å². The van der Waals surface area contributed by atoms with Crippen LogP contribution in [0.2, 0.25) is 0 Å². The number of hydrogen-bond acceptors (Lipinski definition) is 5. The molecule has 0 fully saturated rings. The Kier molecular flexibility index (Phi) is 3.83. The molecule has 3 heterocycles. The van der Waals surface area contributed by atoms with Crippen LogP contribution in [0.1, 0.15) is 11.1 Å². The van der Waals surface area contributed by atoms with Gasteiger partial charge in [-0.15, -0.1) is 0 Å². The van der Waals surface area contributed by atoms with Crippen LogP contribution in [0.3, 0.4) is 0 Å². The average molecular weight is 356 g/mol. The fourth-order valence-corrected chi connectivity index (χ4v) is 3.57. The summed E-state index contributed by atoms with van der Waals surface area (Å²) in [6.45, 7) is 2.09. The smallest absolute Gasteiger partial charge is 0.161 e. The van der Waals surface area contributed by atoms with E-state index in [9.17, 15) is 0 Å². The maximum absolute atomic E-state index is 4.71. The summed E-state index contributed by atoms with van der Waals surface area (Å²) in [6, 6.07) is 14.5. The first-order valence-electron chi connectivity index (χ1n) is 9.08. The van der Waals surface area contributed by atoms with E-state index < -0.39 is 0 Å². The molecule has 1 aliphatic heterocycles. The summed E-state index contributed by atoms with van der Waals surface area (Å²) in [6.07, 6.45) is 4.72. The van der Waals surface area contributed by atoms with Gasteiger partial charge in [-0.2, -0.15) is 5.10 Å². The van der Waals surface area contributed by atoms with Gasteiger partial charge in [-0.1, -0.05) is 12.1 Å². The van der Waals surface area contributed by atoms with Gasteiger partial charge in [0.05, 0.1) is 11.7 Å². The van der Waals surface area contributed by atoms with Gasteiger partial charge in [0.15, 0.2) is 5.82 Å². The number of nitrogens with zero attached hydrogens (tertiary/aromatic N) is 4. The molecule has 0 unspecified atom stereocenters. The maximum Gasteiger partial charge on any atom is 0.161 e. The highest BCUT2D eigenvalue weighted by Crippen LogP contribution is 2.25. The summed E-state index contributed by atoms with van der Waals surface area (Å²) in [5, 5.41) is 11.5. The van der Waals surface area contributed by atoms with Crippen LogP contribution in [-0.4, -0.2) is 38.7 Å². The van der Waals surface area contributed by atoms with Gasteiger partial charge in [0.25, 0.3) is 0 Å². The molecule has 2 aromatic heterocycles. The number of benzene rings is 2. The van der Waals surface area contributed by atoms with Crippen LogP contribution < -0.4 is 5.32 Å². The number of anilines is 2. The summed E-state index contributed by atoms with van der Waals surface area (Å²) in [5.74, 6) is 1.51. The Morgan fingerprint density at radius 2 is 2.04 bits per heavy atom. The highest BCUT2D eigenvalue weighted by Gasteiger charge is 2.14. The topological polar surface area (TPSA) is 69.7 Å². The van der Waals surface area contributed by atoms with Crippen molar-refractivity contribution < 1.29 is 0 Å². The van der Waals surface area contributed by atoms with Crippen molar-refractivity contribution in [1.29, 1.82) is 0 Å². The Bertz CT molecular complexity index is 1120. The fourth-order valence-electron chi connectivity index (χ4n) is 3.57. The molecule has 4 aromatic rings. The van der Waals surface area contributed by atoms with Crippen molar-refractivity contribution in [3.05, 3.63) is 66.0 Å². The molecule has 0 spiro atoms. The van der Waals surface area contributed by atoms with E-state index in [0.717, 1.165) is 53.3 Å². The van der Waals surface area contributed by atoms with Crippen molar-refractivity contribution >= 4 is 22.4 Å². The van der Waals surface area contributed by atoms with E-state index in [0.29, 0.717) is 0 Å². The summed E-state index contributed by atoms with van der Waals surface area (Å²) >= 11 is 0. The van der Waals surface area contributed by atoms with Crippen LogP contribution in [0.25, 0.3) is 22.3 Å². The van der Waals surface area contributed by atoms with Crippen LogP contribution in [0.5, 0.6) is 0 Å². The molecule has 0 aliphatic carbocycles. The minimum absolute atomic E-state index is 0.736. The van der Waals surface area contributed by atoms with Gasteiger partial charge in [-0.25, -0.2) is 9.97 Å². The zero-order valence-corrected chi connectivity index (χ0v) is 15.1. The molecule has 5 rings (SSSR count). The summed E-state index contributed by atoms with van der Waals surface area (Å²) in [7, 11) is 2.16. The average Bonchev–Trinajstić information content (AvgIpc) is 3.15. The molecule has 0 saturated carbocycles. The van der Waals surface area contributed by atoms with E-state index in [1.807, 2.05) is 24.4 Å². The second kappa shape index (κ2) is 6.48. The van der Waals surface area contributed by atoms with Crippen LogP contribution in [0, 0.1) is 0 Å². The third-order valence-corrected chi connectivity index (χ3v) is 5.04. The first-order chi connectivity index (χ1) is 13.2. The van der Waals surface area contributed by atoms with Crippen molar-refractivity contribution in [3.63, 3.8) is 0 Å². The number of aromatic nitrogens is 4. The SMILES string of the molecule is CN1CCc2ccc(-c3nccc(Nc4ccc5[nH]ncc5c4)n3)cc2C1. The van der Waals surface area contributed by atoms with Gasteiger partial charge >= 0.3 is 0 Å². The lowest BCUT2D eigenvalue weighted by atomic mass is 9.97. The molecule has 2 aromatic carbocycles. The third-order valence-electron chi connectivity index (χ3n) is 5.04. The van der Waals surface area contributed by atoms with E-state index >= 15 is 0 Å². The molecule has 27 heavy (non-hydrogen) atoms. The highest BCUT2D eigenvalue weighted by atomic mass is 15.1. The number of aromatic amines is 1. The standard InChI is InChI=1S/C21H20N6/c1-27-9-7-14-2-3-15(10-17(14)13-27)21-22-8-6-20(25-21)24-18-4-5-19-16(11-18)12-23-26-19/h2-6,8,10-12H,7,9,13H2,1H3,(H,23,26)(H,22,24,25). The van der Waals surface area contributed by atoms with Crippen LogP contribution in [0.15, 0.2) is 54.9 Å². The highest BCUT2D eigenvalue weighted by molar-refractivity contribution is 5.82. The van der Waals surface area contributed by atoms with Gasteiger partial charge in [0, 0.05) is 35.9 Å². The Hall–Kier alpha value is -3.25. The molecule has 0 amide bonds. The van der Waals surface area contributed by atoms with E-state index in [4.69, 9.17) is 4.98 Å². The number of hydrogen-bond donors (Lipinski definition) is 2. The van der Waals surface area contributed by atoms with Crippen molar-refractivity contribution in [3.8, 4) is 11.4 Å². The number of fused-ring (bicyclic) bond motifs is 2. The number of H-pyrrole nitrogens is 1. The Morgan fingerprint density at radius 1 is 1.07 bits per heavy atom. The van der Waals surface area contributed by atoms with E-state index in [1.54, 1.807) is 6.20 Å². The predicted octanol–water partition coefficient (Wildman–Crippen LogP) is 3.75. The Morgan fingerprint density at radius 3 is 3.00 bits per heavy atom. The molecular weight excluding hydrogens is 336 g/mol. The van der Waals surface area contributed by atoms with E-state index in [-0.39, 0.29) is 0 Å². The number of rotatable bonds is 3. The van der Waals surface area contributed by atoms with Crippen molar-refractivity contribution in [2.24, 2.45) is 0 Å². The van der Waals surface area contributed by atoms with E-state index in [1.165, 1.54) is 11.1 Å². The lowest BCUT2D eigenvalue weighted by molar-refractivity contribution is 0.313. The van der Waals surface area contributed by atoms with Crippen LogP contribution in [-0.2, 0) is 13.0 Å². The molecular formula is C21H20N6. The first-order valence-corrected chi connectivity index (χ1v) is 9.08. The molecule has 6 nitrogen and oxygen atoms in total. The molecule has 6 heteroatoms. The van der Waals surface area contributed by atoms with Gasteiger partial charge in [-0.3, -0.25) is 5.10 Å². The Labute approximate surface area is 157 Å². The third kappa shape index (κ3) is 3.15. The lowest BCUT2D eigenvalue weighted by Gasteiger charge is -2.25. The molecule has 1 aliphatic rings.